The summed E-state index contributed by atoms with van der Waals surface area (Å²) in [6.07, 6.45) is 8.19. The van der Waals surface area contributed by atoms with Crippen molar-refractivity contribution < 1.29 is 9.53 Å². The number of aliphatic imine (C=N–C) groups is 1. The fourth-order valence-corrected chi connectivity index (χ4v) is 4.36. The molecule has 7 heteroatoms. The van der Waals surface area contributed by atoms with Crippen LogP contribution in [-0.2, 0) is 4.79 Å². The molecule has 2 fully saturated rings. The molecule has 1 saturated carbocycles. The molecular weight excluding hydrogens is 467 g/mol. The topological polar surface area (TPSA) is 66.0 Å². The van der Waals surface area contributed by atoms with Crippen LogP contribution < -0.4 is 15.4 Å². The monoisotopic (exact) mass is 500 g/mol. The Morgan fingerprint density at radius 3 is 2.75 bits per heavy atom. The number of halogens is 1. The highest BCUT2D eigenvalue weighted by Crippen LogP contribution is 2.43. The molecule has 0 aromatic heterocycles. The van der Waals surface area contributed by atoms with Gasteiger partial charge in [-0.25, -0.2) is 0 Å². The van der Waals surface area contributed by atoms with Gasteiger partial charge in [0, 0.05) is 38.8 Å². The van der Waals surface area contributed by atoms with E-state index in [4.69, 9.17) is 4.74 Å². The molecule has 0 atom stereocenters. The van der Waals surface area contributed by atoms with Crippen LogP contribution in [-0.4, -0.2) is 50.1 Å². The number of carbonyl (C=O) groups excluding carboxylic acids is 1. The standard InChI is InChI=1S/C21H32N4O2.HI/c1-17(26)24-18-7-6-8-19(15-18)27-14-12-23-20(22-2)25-13-11-21(16-25)9-4-3-5-10-21;/h6-8,15H,3-5,9-14,16H2,1-2H3,(H,22,23)(H,24,26);1H. The highest BCUT2D eigenvalue weighted by molar-refractivity contribution is 14.0. The van der Waals surface area contributed by atoms with E-state index in [-0.39, 0.29) is 29.9 Å². The van der Waals surface area contributed by atoms with Gasteiger partial charge in [0.15, 0.2) is 5.96 Å². The first-order valence-corrected chi connectivity index (χ1v) is 10.1. The summed E-state index contributed by atoms with van der Waals surface area (Å²) in [4.78, 5) is 18.0. The van der Waals surface area contributed by atoms with E-state index >= 15 is 0 Å². The summed E-state index contributed by atoms with van der Waals surface area (Å²) in [6, 6.07) is 7.46. The summed E-state index contributed by atoms with van der Waals surface area (Å²) in [5.41, 5.74) is 1.27. The molecule has 1 aliphatic heterocycles. The van der Waals surface area contributed by atoms with Gasteiger partial charge in [-0.15, -0.1) is 24.0 Å². The van der Waals surface area contributed by atoms with E-state index in [1.54, 1.807) is 0 Å². The third kappa shape index (κ3) is 6.25. The number of nitrogens with zero attached hydrogens (tertiary/aromatic N) is 2. The number of hydrogen-bond donors (Lipinski definition) is 2. The Kier molecular flexibility index (Phi) is 8.85. The van der Waals surface area contributed by atoms with Crippen molar-refractivity contribution in [3.05, 3.63) is 24.3 Å². The van der Waals surface area contributed by atoms with Crippen LogP contribution in [0.5, 0.6) is 5.75 Å². The molecule has 1 amide bonds. The molecule has 2 aliphatic rings. The summed E-state index contributed by atoms with van der Waals surface area (Å²) in [6.45, 7) is 4.96. The van der Waals surface area contributed by atoms with Gasteiger partial charge in [0.2, 0.25) is 5.91 Å². The molecule has 2 N–H and O–H groups in total. The van der Waals surface area contributed by atoms with Gasteiger partial charge >= 0.3 is 0 Å². The van der Waals surface area contributed by atoms with Crippen LogP contribution in [0, 0.1) is 5.41 Å². The number of nitrogens with one attached hydrogen (secondary N) is 2. The minimum absolute atomic E-state index is 0. The normalized spacial score (nSPS) is 18.5. The minimum Gasteiger partial charge on any atom is -0.492 e. The first-order valence-electron chi connectivity index (χ1n) is 10.1. The average Bonchev–Trinajstić information content (AvgIpc) is 3.05. The molecule has 0 bridgehead atoms. The summed E-state index contributed by atoms with van der Waals surface area (Å²) >= 11 is 0. The maximum Gasteiger partial charge on any atom is 0.221 e. The molecule has 1 saturated heterocycles. The van der Waals surface area contributed by atoms with E-state index in [1.165, 1.54) is 45.4 Å². The van der Waals surface area contributed by atoms with Gasteiger partial charge in [0.1, 0.15) is 12.4 Å². The second-order valence-electron chi connectivity index (χ2n) is 7.76. The predicted molar refractivity (Wildman–Crippen MR) is 125 cm³/mol. The fourth-order valence-electron chi connectivity index (χ4n) is 4.36. The summed E-state index contributed by atoms with van der Waals surface area (Å²) in [5, 5.41) is 6.20. The Hall–Kier alpha value is -1.51. The van der Waals surface area contributed by atoms with Crippen molar-refractivity contribution in [1.29, 1.82) is 0 Å². The highest BCUT2D eigenvalue weighted by atomic mass is 127. The Morgan fingerprint density at radius 2 is 2.04 bits per heavy atom. The minimum atomic E-state index is -0.0843. The number of likely N-dealkylation sites (tertiary alicyclic amines) is 1. The third-order valence-corrected chi connectivity index (χ3v) is 5.67. The maximum absolute atomic E-state index is 11.2. The predicted octanol–water partition coefficient (Wildman–Crippen LogP) is 3.87. The van der Waals surface area contributed by atoms with Crippen molar-refractivity contribution in [2.24, 2.45) is 10.4 Å². The van der Waals surface area contributed by atoms with Crippen LogP contribution in [0.15, 0.2) is 29.3 Å². The van der Waals surface area contributed by atoms with Crippen molar-refractivity contribution in [2.45, 2.75) is 45.4 Å². The van der Waals surface area contributed by atoms with E-state index in [9.17, 15) is 4.79 Å². The lowest BCUT2D eigenvalue weighted by Crippen LogP contribution is -2.43. The first kappa shape index (κ1) is 22.8. The van der Waals surface area contributed by atoms with Crippen LogP contribution in [0.25, 0.3) is 0 Å². The first-order chi connectivity index (χ1) is 13.1. The zero-order chi connectivity index (χ0) is 19.1. The Morgan fingerprint density at radius 1 is 1.25 bits per heavy atom. The summed E-state index contributed by atoms with van der Waals surface area (Å²) in [7, 11) is 1.85. The van der Waals surface area contributed by atoms with Gasteiger partial charge < -0.3 is 20.3 Å². The Labute approximate surface area is 185 Å². The van der Waals surface area contributed by atoms with Crippen LogP contribution in [0.4, 0.5) is 5.69 Å². The van der Waals surface area contributed by atoms with Gasteiger partial charge in [0.05, 0.1) is 6.54 Å². The highest BCUT2D eigenvalue weighted by Gasteiger charge is 2.39. The summed E-state index contributed by atoms with van der Waals surface area (Å²) < 4.78 is 5.81. The number of benzene rings is 1. The molecule has 0 unspecified atom stereocenters. The largest absolute Gasteiger partial charge is 0.492 e. The second-order valence-corrected chi connectivity index (χ2v) is 7.76. The average molecular weight is 500 g/mol. The smallest absolute Gasteiger partial charge is 0.221 e. The van der Waals surface area contributed by atoms with Crippen LogP contribution in [0.1, 0.15) is 45.4 Å². The molecular formula is C21H33IN4O2. The van der Waals surface area contributed by atoms with Crippen molar-refractivity contribution in [3.63, 3.8) is 0 Å². The number of anilines is 1. The van der Waals surface area contributed by atoms with Crippen molar-refractivity contribution >= 4 is 41.5 Å². The van der Waals surface area contributed by atoms with Gasteiger partial charge in [-0.05, 0) is 36.8 Å². The lowest BCUT2D eigenvalue weighted by molar-refractivity contribution is -0.114. The molecule has 3 rings (SSSR count). The van der Waals surface area contributed by atoms with Crippen LogP contribution in [0.2, 0.25) is 0 Å². The number of ether oxygens (including phenoxy) is 1. The van der Waals surface area contributed by atoms with Gasteiger partial charge in [-0.1, -0.05) is 25.3 Å². The van der Waals surface area contributed by atoms with E-state index < -0.39 is 0 Å². The molecule has 28 heavy (non-hydrogen) atoms. The number of guanidine groups is 1. The zero-order valence-corrected chi connectivity index (χ0v) is 19.3. The zero-order valence-electron chi connectivity index (χ0n) is 17.0. The maximum atomic E-state index is 11.2. The second kappa shape index (κ2) is 10.9. The number of hydrogen-bond acceptors (Lipinski definition) is 3. The summed E-state index contributed by atoms with van der Waals surface area (Å²) in [5.74, 6) is 1.65. The fraction of sp³-hybridized carbons (Fsp3) is 0.619. The van der Waals surface area contributed by atoms with Crippen molar-refractivity contribution in [3.8, 4) is 5.75 Å². The molecule has 1 heterocycles. The Bertz CT molecular complexity index is 674. The lowest BCUT2D eigenvalue weighted by atomic mass is 9.73. The van der Waals surface area contributed by atoms with E-state index in [0.29, 0.717) is 18.6 Å². The molecule has 6 nitrogen and oxygen atoms in total. The van der Waals surface area contributed by atoms with E-state index in [0.717, 1.165) is 30.5 Å². The van der Waals surface area contributed by atoms with Crippen LogP contribution >= 0.6 is 24.0 Å². The van der Waals surface area contributed by atoms with Gasteiger partial charge in [-0.3, -0.25) is 9.79 Å². The molecule has 1 aliphatic carbocycles. The molecule has 1 aromatic carbocycles. The van der Waals surface area contributed by atoms with Crippen molar-refractivity contribution in [1.82, 2.24) is 10.2 Å². The Balaban J connectivity index is 0.00000280. The molecule has 0 radical (unpaired) electrons. The lowest BCUT2D eigenvalue weighted by Gasteiger charge is -2.33. The number of amides is 1. The number of carbonyl (C=O) groups is 1. The quantitative estimate of drug-likeness (QED) is 0.279. The van der Waals surface area contributed by atoms with Crippen molar-refractivity contribution in [2.75, 3.05) is 38.6 Å². The van der Waals surface area contributed by atoms with Gasteiger partial charge in [0.25, 0.3) is 0 Å². The third-order valence-electron chi connectivity index (χ3n) is 5.67. The molecule has 1 aromatic rings. The molecule has 1 spiro atoms. The SMILES string of the molecule is CN=C(NCCOc1cccc(NC(C)=O)c1)N1CCC2(CCCCC2)C1.I. The number of rotatable bonds is 5. The van der Waals surface area contributed by atoms with Gasteiger partial charge in [-0.2, -0.15) is 0 Å². The van der Waals surface area contributed by atoms with E-state index in [2.05, 4.69) is 20.5 Å². The van der Waals surface area contributed by atoms with Crippen LogP contribution in [0.3, 0.4) is 0 Å². The van der Waals surface area contributed by atoms with E-state index in [1.807, 2.05) is 31.3 Å². The molecule has 156 valence electrons.